The Balaban J connectivity index is 2.11. The zero-order valence-corrected chi connectivity index (χ0v) is 9.29. The lowest BCUT2D eigenvalue weighted by Gasteiger charge is -2.12. The number of nitrogens with zero attached hydrogens (tertiary/aromatic N) is 1. The van der Waals surface area contributed by atoms with Gasteiger partial charge in [0.25, 0.3) is 0 Å². The fraction of sp³-hybridized carbons (Fsp3) is 0.308. The monoisotopic (exact) mass is 252 g/mol. The molecule has 0 aliphatic heterocycles. The molecule has 0 saturated heterocycles. The van der Waals surface area contributed by atoms with Crippen molar-refractivity contribution in [3.05, 3.63) is 36.2 Å². The van der Waals surface area contributed by atoms with Crippen molar-refractivity contribution in [2.75, 3.05) is 0 Å². The lowest BCUT2D eigenvalue weighted by atomic mass is 10.0. The summed E-state index contributed by atoms with van der Waals surface area (Å²) in [6, 6.07) is 5.84. The van der Waals surface area contributed by atoms with Crippen molar-refractivity contribution in [1.29, 1.82) is 0 Å². The van der Waals surface area contributed by atoms with E-state index in [2.05, 4.69) is 15.8 Å². The van der Waals surface area contributed by atoms with Gasteiger partial charge in [0.15, 0.2) is 0 Å². The number of alkyl halides is 3. The second-order valence-corrected chi connectivity index (χ2v) is 4.33. The smallest absolute Gasteiger partial charge is 0.405 e. The van der Waals surface area contributed by atoms with Gasteiger partial charge < -0.3 is 4.74 Å². The summed E-state index contributed by atoms with van der Waals surface area (Å²) in [5, 5.41) is 1.46. The molecule has 1 saturated carbocycles. The minimum atomic E-state index is -4.69. The van der Waals surface area contributed by atoms with E-state index in [1.54, 1.807) is 12.3 Å². The molecule has 93 valence electrons. The third kappa shape index (κ3) is 2.25. The van der Waals surface area contributed by atoms with E-state index in [1.807, 2.05) is 0 Å². The first-order valence-corrected chi connectivity index (χ1v) is 5.58. The number of hydrogen-bond donors (Lipinski definition) is 0. The molecule has 1 aliphatic carbocycles. The normalized spacial score (nSPS) is 15.9. The molecular weight excluding hydrogens is 243 g/mol. The number of rotatable bonds is 2. The summed E-state index contributed by atoms with van der Waals surface area (Å²) < 4.78 is 40.6. The minimum absolute atomic E-state index is 0.287. The first kappa shape index (κ1) is 11.3. The largest absolute Gasteiger partial charge is 0.573 e. The molecule has 1 aromatic carbocycles. The van der Waals surface area contributed by atoms with Crippen LogP contribution in [-0.4, -0.2) is 11.3 Å². The van der Waals surface area contributed by atoms with Crippen LogP contribution in [0.3, 0.4) is 0 Å². The first-order valence-electron chi connectivity index (χ1n) is 5.58. The van der Waals surface area contributed by atoms with Crippen LogP contribution in [0.1, 0.15) is 24.3 Å². The zero-order chi connectivity index (χ0) is 12.8. The SMILES string of the molecule is FC(F)(F)Oc1[c]c2cnccc2c(C2CC2)c1. The highest BCUT2D eigenvalue weighted by Gasteiger charge is 2.32. The van der Waals surface area contributed by atoms with Crippen LogP contribution >= 0.6 is 0 Å². The average molecular weight is 252 g/mol. The van der Waals surface area contributed by atoms with E-state index >= 15 is 0 Å². The third-order valence-electron chi connectivity index (χ3n) is 2.92. The fourth-order valence-corrected chi connectivity index (χ4v) is 2.05. The Morgan fingerprint density at radius 1 is 1.33 bits per heavy atom. The van der Waals surface area contributed by atoms with Crippen molar-refractivity contribution in [2.24, 2.45) is 0 Å². The molecule has 0 unspecified atom stereocenters. The maximum Gasteiger partial charge on any atom is 0.573 e. The summed E-state index contributed by atoms with van der Waals surface area (Å²) in [5.74, 6) is 0.0463. The Labute approximate surface area is 101 Å². The Kier molecular flexibility index (Phi) is 2.43. The average Bonchev–Trinajstić information content (AvgIpc) is 3.09. The molecule has 1 heterocycles. The molecule has 1 fully saturated rings. The van der Waals surface area contributed by atoms with Gasteiger partial charge in [-0.25, -0.2) is 0 Å². The highest BCUT2D eigenvalue weighted by Crippen LogP contribution is 2.44. The predicted molar refractivity (Wildman–Crippen MR) is 59.2 cm³/mol. The van der Waals surface area contributed by atoms with E-state index in [0.29, 0.717) is 11.3 Å². The molecule has 0 bridgehead atoms. The zero-order valence-electron chi connectivity index (χ0n) is 9.29. The second kappa shape index (κ2) is 3.86. The number of fused-ring (bicyclic) bond motifs is 1. The number of ether oxygens (including phenoxy) is 1. The van der Waals surface area contributed by atoms with Crippen molar-refractivity contribution in [3.63, 3.8) is 0 Å². The van der Waals surface area contributed by atoms with Gasteiger partial charge >= 0.3 is 6.36 Å². The molecule has 0 spiro atoms. The van der Waals surface area contributed by atoms with Crippen LogP contribution in [0.25, 0.3) is 10.8 Å². The molecule has 2 aromatic rings. The summed E-state index contributed by atoms with van der Waals surface area (Å²) >= 11 is 0. The van der Waals surface area contributed by atoms with E-state index in [-0.39, 0.29) is 5.75 Å². The number of hydrogen-bond acceptors (Lipinski definition) is 2. The maximum absolute atomic E-state index is 12.2. The van der Waals surface area contributed by atoms with Gasteiger partial charge in [0, 0.05) is 23.8 Å². The Morgan fingerprint density at radius 2 is 2.11 bits per heavy atom. The minimum Gasteiger partial charge on any atom is -0.405 e. The second-order valence-electron chi connectivity index (χ2n) is 4.33. The lowest BCUT2D eigenvalue weighted by Crippen LogP contribution is -2.17. The number of halogens is 3. The van der Waals surface area contributed by atoms with Crippen LogP contribution in [0, 0.1) is 6.07 Å². The van der Waals surface area contributed by atoms with Gasteiger partial charge in [-0.15, -0.1) is 13.2 Å². The van der Waals surface area contributed by atoms with Crippen molar-refractivity contribution in [2.45, 2.75) is 25.1 Å². The standard InChI is InChI=1S/C13H9F3NO/c14-13(15,16)18-10-5-9-7-17-4-3-11(9)12(6-10)8-1-2-8/h3-4,6-8H,1-2H2. The van der Waals surface area contributed by atoms with Gasteiger partial charge in [0.2, 0.25) is 0 Å². The molecule has 18 heavy (non-hydrogen) atoms. The quantitative estimate of drug-likeness (QED) is 0.810. The topological polar surface area (TPSA) is 22.1 Å². The van der Waals surface area contributed by atoms with Crippen LogP contribution in [0.15, 0.2) is 24.5 Å². The molecule has 2 nitrogen and oxygen atoms in total. The van der Waals surface area contributed by atoms with Crippen LogP contribution < -0.4 is 4.74 Å². The summed E-state index contributed by atoms with van der Waals surface area (Å²) in [5.41, 5.74) is 0.894. The van der Waals surface area contributed by atoms with E-state index in [0.717, 1.165) is 23.8 Å². The molecule has 3 rings (SSSR count). The van der Waals surface area contributed by atoms with Gasteiger partial charge in [0.1, 0.15) is 5.75 Å². The summed E-state index contributed by atoms with van der Waals surface area (Å²) in [4.78, 5) is 3.90. The van der Waals surface area contributed by atoms with E-state index in [9.17, 15) is 13.2 Å². The molecule has 1 aromatic heterocycles. The highest BCUT2D eigenvalue weighted by atomic mass is 19.4. The number of aromatic nitrogens is 1. The highest BCUT2D eigenvalue weighted by molar-refractivity contribution is 5.86. The molecular formula is C13H9F3NO. The molecule has 0 atom stereocenters. The van der Waals surface area contributed by atoms with Gasteiger partial charge in [-0.3, -0.25) is 4.98 Å². The molecule has 0 N–H and O–H groups in total. The summed E-state index contributed by atoms with van der Waals surface area (Å²) in [6.45, 7) is 0. The van der Waals surface area contributed by atoms with Crippen molar-refractivity contribution >= 4 is 10.8 Å². The van der Waals surface area contributed by atoms with Gasteiger partial charge in [-0.1, -0.05) is 0 Å². The van der Waals surface area contributed by atoms with Crippen LogP contribution in [0.2, 0.25) is 0 Å². The lowest BCUT2D eigenvalue weighted by molar-refractivity contribution is -0.274. The van der Waals surface area contributed by atoms with Crippen molar-refractivity contribution < 1.29 is 17.9 Å². The summed E-state index contributed by atoms with van der Waals surface area (Å²) in [6.07, 6.45) is 0.462. The molecule has 0 amide bonds. The molecule has 5 heteroatoms. The van der Waals surface area contributed by atoms with Crippen LogP contribution in [-0.2, 0) is 0 Å². The fourth-order valence-electron chi connectivity index (χ4n) is 2.05. The van der Waals surface area contributed by atoms with E-state index < -0.39 is 6.36 Å². The van der Waals surface area contributed by atoms with Gasteiger partial charge in [-0.05, 0) is 41.8 Å². The van der Waals surface area contributed by atoms with Crippen molar-refractivity contribution in [3.8, 4) is 5.75 Å². The van der Waals surface area contributed by atoms with E-state index in [4.69, 9.17) is 0 Å². The Morgan fingerprint density at radius 3 is 2.78 bits per heavy atom. The molecule has 1 radical (unpaired) electrons. The Hall–Kier alpha value is -1.78. The maximum atomic E-state index is 12.2. The first-order chi connectivity index (χ1) is 8.53. The third-order valence-corrected chi connectivity index (χ3v) is 2.92. The van der Waals surface area contributed by atoms with E-state index in [1.165, 1.54) is 12.3 Å². The van der Waals surface area contributed by atoms with Gasteiger partial charge in [-0.2, -0.15) is 0 Å². The number of benzene rings is 1. The van der Waals surface area contributed by atoms with Crippen molar-refractivity contribution in [1.82, 2.24) is 4.98 Å². The molecule has 1 aliphatic rings. The predicted octanol–water partition coefficient (Wildman–Crippen LogP) is 3.81. The Bertz CT molecular complexity index is 590. The van der Waals surface area contributed by atoms with Crippen LogP contribution in [0.5, 0.6) is 5.75 Å². The van der Waals surface area contributed by atoms with Gasteiger partial charge in [0.05, 0.1) is 0 Å². The van der Waals surface area contributed by atoms with Crippen LogP contribution in [0.4, 0.5) is 13.2 Å². The number of pyridine rings is 1. The summed E-state index contributed by atoms with van der Waals surface area (Å²) in [7, 11) is 0.